The van der Waals surface area contributed by atoms with Crippen molar-refractivity contribution >= 4 is 10.1 Å². The minimum atomic E-state index is -4.87. The van der Waals surface area contributed by atoms with Crippen LogP contribution in [0.3, 0.4) is 0 Å². The number of aliphatic hydroxyl groups excluding tert-OH is 1. The van der Waals surface area contributed by atoms with Crippen LogP contribution in [0.5, 0.6) is 28.7 Å². The molecule has 0 amide bonds. The molecule has 0 aliphatic rings. The van der Waals surface area contributed by atoms with Crippen LogP contribution < -0.4 is 34.7 Å². The monoisotopic (exact) mass is 394 g/mol. The molecule has 0 aliphatic carbocycles. The largest absolute Gasteiger partial charge is 1.00 e. The van der Waals surface area contributed by atoms with Crippen molar-refractivity contribution in [2.75, 3.05) is 0 Å². The average Bonchev–Trinajstić information content (AvgIpc) is 2.45. The standard InChI is InChI=1S/C15H16O9S.Na/c16-8-4-11(18)9(12(19)5-8)6-14(21)15(25(22,23)24)7-1-2-10(17)13(20)3-7;/h1-5,14-21H,6H2,(H,22,23,24);/q;+1/p-1. The molecular formula is C15H15NaO9S. The van der Waals surface area contributed by atoms with Crippen LogP contribution in [0.25, 0.3) is 0 Å². The van der Waals surface area contributed by atoms with E-state index < -0.39 is 56.6 Å². The fourth-order valence-electron chi connectivity index (χ4n) is 2.45. The number of benzene rings is 2. The number of phenolic OH excluding ortho intramolecular Hbond substituents is 4. The maximum atomic E-state index is 11.7. The van der Waals surface area contributed by atoms with Crippen molar-refractivity contribution in [3.05, 3.63) is 41.5 Å². The SMILES string of the molecule is O=S(=O)(O)C(c1ccc(O)c(O)c1)C(O)Cc1c(O)cc([O-])cc1O.[Na+]. The predicted molar refractivity (Wildman–Crippen MR) is 83.0 cm³/mol. The molecule has 2 atom stereocenters. The fraction of sp³-hybridized carbons (Fsp3) is 0.200. The van der Waals surface area contributed by atoms with E-state index in [4.69, 9.17) is 0 Å². The maximum absolute atomic E-state index is 11.7. The minimum Gasteiger partial charge on any atom is -0.872 e. The second kappa shape index (κ2) is 8.33. The summed E-state index contributed by atoms with van der Waals surface area (Å²) in [6, 6.07) is 4.43. The molecule has 0 aliphatic heterocycles. The summed E-state index contributed by atoms with van der Waals surface area (Å²) in [5.41, 5.74) is -0.520. The Morgan fingerprint density at radius 1 is 0.923 bits per heavy atom. The molecule has 9 nitrogen and oxygen atoms in total. The number of hydrogen-bond donors (Lipinski definition) is 6. The third-order valence-electron chi connectivity index (χ3n) is 3.59. The van der Waals surface area contributed by atoms with Crippen LogP contribution in [0.1, 0.15) is 16.4 Å². The molecule has 2 aromatic carbocycles. The van der Waals surface area contributed by atoms with Crippen molar-refractivity contribution in [1.82, 2.24) is 0 Å². The topological polar surface area (TPSA) is 179 Å². The summed E-state index contributed by atoms with van der Waals surface area (Å²) in [6.45, 7) is 0. The Labute approximate surface area is 170 Å². The van der Waals surface area contributed by atoms with Gasteiger partial charge in [0.05, 0.1) is 6.10 Å². The quantitative estimate of drug-likeness (QED) is 0.176. The van der Waals surface area contributed by atoms with Crippen molar-refractivity contribution in [2.45, 2.75) is 17.8 Å². The van der Waals surface area contributed by atoms with E-state index in [2.05, 4.69) is 0 Å². The summed E-state index contributed by atoms with van der Waals surface area (Å²) < 4.78 is 32.7. The second-order valence-corrected chi connectivity index (χ2v) is 6.93. The summed E-state index contributed by atoms with van der Waals surface area (Å²) in [5.74, 6) is -3.19. The van der Waals surface area contributed by atoms with E-state index in [1.54, 1.807) is 0 Å². The first-order valence-corrected chi connectivity index (χ1v) is 8.39. The predicted octanol–water partition coefficient (Wildman–Crippen LogP) is -2.88. The molecular weight excluding hydrogens is 379 g/mol. The van der Waals surface area contributed by atoms with Gasteiger partial charge in [-0.25, -0.2) is 0 Å². The van der Waals surface area contributed by atoms with Crippen LogP contribution in [-0.4, -0.2) is 44.6 Å². The van der Waals surface area contributed by atoms with E-state index in [0.29, 0.717) is 0 Å². The van der Waals surface area contributed by atoms with Gasteiger partial charge >= 0.3 is 29.6 Å². The molecule has 6 N–H and O–H groups in total. The zero-order chi connectivity index (χ0) is 18.9. The van der Waals surface area contributed by atoms with E-state index in [1.807, 2.05) is 0 Å². The number of phenols is 4. The van der Waals surface area contributed by atoms with Gasteiger partial charge in [-0.2, -0.15) is 8.42 Å². The Bertz CT molecular complexity index is 875. The van der Waals surface area contributed by atoms with Gasteiger partial charge in [-0.05, 0) is 29.8 Å². The Balaban J connectivity index is 0.00000338. The number of aliphatic hydroxyl groups is 1. The zero-order valence-corrected chi connectivity index (χ0v) is 16.4. The van der Waals surface area contributed by atoms with Gasteiger partial charge < -0.3 is 30.6 Å². The number of rotatable bonds is 5. The van der Waals surface area contributed by atoms with E-state index in [0.717, 1.165) is 30.3 Å². The van der Waals surface area contributed by atoms with Crippen molar-refractivity contribution in [3.63, 3.8) is 0 Å². The van der Waals surface area contributed by atoms with Gasteiger partial charge in [-0.1, -0.05) is 6.07 Å². The Hall–Kier alpha value is -1.69. The van der Waals surface area contributed by atoms with Gasteiger partial charge in [0.15, 0.2) is 11.5 Å². The zero-order valence-electron chi connectivity index (χ0n) is 13.6. The minimum absolute atomic E-state index is 0. The summed E-state index contributed by atoms with van der Waals surface area (Å²) >= 11 is 0. The first kappa shape index (κ1) is 22.4. The van der Waals surface area contributed by atoms with Crippen LogP contribution in [-0.2, 0) is 16.5 Å². The van der Waals surface area contributed by atoms with Crippen molar-refractivity contribution < 1.29 is 73.2 Å². The Morgan fingerprint density at radius 3 is 1.92 bits per heavy atom. The first-order valence-electron chi connectivity index (χ1n) is 6.88. The molecule has 0 heterocycles. The molecule has 0 spiro atoms. The molecule has 2 unspecified atom stereocenters. The maximum Gasteiger partial charge on any atom is 1.00 e. The molecule has 0 aromatic heterocycles. The van der Waals surface area contributed by atoms with Gasteiger partial charge in [0.25, 0.3) is 10.1 Å². The van der Waals surface area contributed by atoms with Crippen LogP contribution in [0.4, 0.5) is 0 Å². The Morgan fingerprint density at radius 2 is 1.46 bits per heavy atom. The van der Waals surface area contributed by atoms with E-state index in [1.165, 1.54) is 0 Å². The summed E-state index contributed by atoms with van der Waals surface area (Å²) in [6.07, 6.45) is -2.47. The van der Waals surface area contributed by atoms with Gasteiger partial charge in [0, 0.05) is 12.0 Å². The normalized spacial score (nSPS) is 13.6. The van der Waals surface area contributed by atoms with Crippen LogP contribution in [0.2, 0.25) is 0 Å². The van der Waals surface area contributed by atoms with Gasteiger partial charge in [0.1, 0.15) is 16.7 Å². The number of aromatic hydroxyl groups is 4. The molecule has 2 rings (SSSR count). The van der Waals surface area contributed by atoms with Gasteiger partial charge in [0.2, 0.25) is 0 Å². The third-order valence-corrected chi connectivity index (χ3v) is 4.82. The third kappa shape index (κ3) is 4.93. The first-order chi connectivity index (χ1) is 11.5. The van der Waals surface area contributed by atoms with Crippen molar-refractivity contribution in [2.24, 2.45) is 0 Å². The average molecular weight is 394 g/mol. The van der Waals surface area contributed by atoms with Crippen LogP contribution in [0.15, 0.2) is 30.3 Å². The Kier molecular flexibility index (Phi) is 7.17. The molecule has 0 saturated heterocycles. The molecule has 136 valence electrons. The molecule has 0 radical (unpaired) electrons. The molecule has 2 aromatic rings. The smallest absolute Gasteiger partial charge is 0.872 e. The van der Waals surface area contributed by atoms with Gasteiger partial charge in [-0.3, -0.25) is 4.55 Å². The second-order valence-electron chi connectivity index (χ2n) is 5.40. The molecule has 11 heteroatoms. The van der Waals surface area contributed by atoms with E-state index >= 15 is 0 Å². The van der Waals surface area contributed by atoms with E-state index in [9.17, 15) is 43.6 Å². The van der Waals surface area contributed by atoms with Crippen LogP contribution >= 0.6 is 0 Å². The summed E-state index contributed by atoms with van der Waals surface area (Å²) in [5, 5.41) is 57.6. The summed E-state index contributed by atoms with van der Waals surface area (Å²) in [7, 11) is -4.87. The van der Waals surface area contributed by atoms with Crippen molar-refractivity contribution in [1.29, 1.82) is 0 Å². The van der Waals surface area contributed by atoms with Crippen molar-refractivity contribution in [3.8, 4) is 28.7 Å². The van der Waals surface area contributed by atoms with Gasteiger partial charge in [-0.15, -0.1) is 5.75 Å². The molecule has 26 heavy (non-hydrogen) atoms. The number of hydrogen-bond acceptors (Lipinski definition) is 8. The van der Waals surface area contributed by atoms with Crippen LogP contribution in [0, 0.1) is 0 Å². The van der Waals surface area contributed by atoms with E-state index in [-0.39, 0.29) is 40.7 Å². The molecule has 0 fully saturated rings. The molecule has 0 bridgehead atoms. The fourth-order valence-corrected chi connectivity index (χ4v) is 3.44. The summed E-state index contributed by atoms with van der Waals surface area (Å²) in [4.78, 5) is 0. The molecule has 0 saturated carbocycles.